The number of hydrogen-bond donors (Lipinski definition) is 2. The lowest BCUT2D eigenvalue weighted by Crippen LogP contribution is -2.48. The van der Waals surface area contributed by atoms with Gasteiger partial charge in [-0.3, -0.25) is 4.98 Å². The molecule has 2 aliphatic heterocycles. The summed E-state index contributed by atoms with van der Waals surface area (Å²) >= 11 is 5.54. The minimum Gasteiger partial charge on any atom is -0.487 e. The van der Waals surface area contributed by atoms with Crippen LogP contribution in [0, 0.1) is 5.41 Å². The van der Waals surface area contributed by atoms with Crippen molar-refractivity contribution in [2.24, 2.45) is 5.41 Å². The Bertz CT molecular complexity index is 1250. The van der Waals surface area contributed by atoms with Gasteiger partial charge in [-0.25, -0.2) is 0 Å². The second-order valence-corrected chi connectivity index (χ2v) is 11.8. The van der Waals surface area contributed by atoms with E-state index in [1.165, 1.54) is 0 Å². The summed E-state index contributed by atoms with van der Waals surface area (Å²) in [6.07, 6.45) is 5.56. The number of hydrogen-bond acceptors (Lipinski definition) is 5. The minimum atomic E-state index is -0.926. The summed E-state index contributed by atoms with van der Waals surface area (Å²) in [4.78, 5) is 7.00. The summed E-state index contributed by atoms with van der Waals surface area (Å²) in [5, 5.41) is 21.6. The molecule has 0 aliphatic carbocycles. The fourth-order valence-corrected chi connectivity index (χ4v) is 5.16. The lowest BCUT2D eigenvalue weighted by atomic mass is 9.81. The van der Waals surface area contributed by atoms with E-state index in [1.54, 1.807) is 20.0 Å². The van der Waals surface area contributed by atoms with Gasteiger partial charge in [-0.2, -0.15) is 0 Å². The Hall–Kier alpha value is -2.70. The van der Waals surface area contributed by atoms with Crippen LogP contribution in [-0.4, -0.2) is 45.8 Å². The molecule has 38 heavy (non-hydrogen) atoms. The zero-order chi connectivity index (χ0) is 27.3. The summed E-state index contributed by atoms with van der Waals surface area (Å²) < 4.78 is 6.09. The van der Waals surface area contributed by atoms with E-state index < -0.39 is 5.60 Å². The molecule has 1 fully saturated rings. The number of aliphatic hydroxyl groups is 2. The quantitative estimate of drug-likeness (QED) is 0.402. The van der Waals surface area contributed by atoms with E-state index in [-0.39, 0.29) is 11.5 Å². The van der Waals surface area contributed by atoms with E-state index in [9.17, 15) is 10.2 Å². The normalized spacial score (nSPS) is 19.9. The Morgan fingerprint density at radius 1 is 1.11 bits per heavy atom. The van der Waals surface area contributed by atoms with Gasteiger partial charge in [0.2, 0.25) is 0 Å². The lowest BCUT2D eigenvalue weighted by Gasteiger charge is -2.41. The fourth-order valence-electron chi connectivity index (χ4n) is 5.01. The second-order valence-electron chi connectivity index (χ2n) is 11.3. The van der Waals surface area contributed by atoms with Crippen LogP contribution < -0.4 is 4.74 Å². The van der Waals surface area contributed by atoms with Gasteiger partial charge in [0, 0.05) is 47.4 Å². The van der Waals surface area contributed by atoms with Crippen molar-refractivity contribution in [2.75, 3.05) is 19.6 Å². The molecule has 3 heterocycles. The molecule has 0 spiro atoms. The highest BCUT2D eigenvalue weighted by molar-refractivity contribution is 6.30. The standard InChI is InChI=1S/C26H34N2O3.C6H5Cl/c1-25(2)17-28(14-11-24(25)29)13-6-8-19-20-7-5-12-27-22(20)16-31-23-10-9-18(15-21(19)23)26(3,4)30;7-6-4-2-1-3-5-6/h5,7-10,12,15,24,29-30H,6,11,13-14,16-17H2,1-4H3;1-5H/b19-8+;. The first-order chi connectivity index (χ1) is 18.0. The van der Waals surface area contributed by atoms with Crippen LogP contribution in [0.15, 0.2) is 72.9 Å². The van der Waals surface area contributed by atoms with Crippen LogP contribution in [0.5, 0.6) is 5.75 Å². The molecule has 202 valence electrons. The number of nitrogens with zero attached hydrogens (tertiary/aromatic N) is 2. The summed E-state index contributed by atoms with van der Waals surface area (Å²) in [7, 11) is 0. The molecule has 1 atom stereocenters. The molecular weight excluding hydrogens is 496 g/mol. The van der Waals surface area contributed by atoms with Crippen LogP contribution in [0.3, 0.4) is 0 Å². The average molecular weight is 535 g/mol. The second kappa shape index (κ2) is 12.0. The molecule has 5 rings (SSSR count). The highest BCUT2D eigenvalue weighted by Gasteiger charge is 2.34. The van der Waals surface area contributed by atoms with E-state index >= 15 is 0 Å². The van der Waals surface area contributed by atoms with E-state index in [0.717, 1.165) is 71.2 Å². The number of halogens is 1. The zero-order valence-corrected chi connectivity index (χ0v) is 23.6. The Kier molecular flexibility index (Phi) is 8.94. The smallest absolute Gasteiger partial charge is 0.131 e. The Labute approximate surface area is 231 Å². The van der Waals surface area contributed by atoms with Crippen LogP contribution in [-0.2, 0) is 12.2 Å². The van der Waals surface area contributed by atoms with Crippen LogP contribution in [0.25, 0.3) is 5.57 Å². The maximum Gasteiger partial charge on any atom is 0.131 e. The number of benzene rings is 2. The van der Waals surface area contributed by atoms with Gasteiger partial charge in [0.05, 0.1) is 17.4 Å². The SMILES string of the molecule is CC(C)(O)c1ccc2c(c1)/C(=C/CCN1CCC(O)C(C)(C)C1)c1cccnc1CO2.Clc1ccccc1. The molecule has 0 saturated carbocycles. The highest BCUT2D eigenvalue weighted by atomic mass is 35.5. The first kappa shape index (κ1) is 28.3. The summed E-state index contributed by atoms with van der Waals surface area (Å²) in [6.45, 7) is 11.1. The van der Waals surface area contributed by atoms with Gasteiger partial charge in [0.1, 0.15) is 12.4 Å². The zero-order valence-electron chi connectivity index (χ0n) is 22.8. The molecule has 0 bridgehead atoms. The predicted molar refractivity (Wildman–Crippen MR) is 154 cm³/mol. The largest absolute Gasteiger partial charge is 0.487 e. The van der Waals surface area contributed by atoms with E-state index in [1.807, 2.05) is 54.6 Å². The van der Waals surface area contributed by atoms with Gasteiger partial charge in [-0.1, -0.05) is 61.9 Å². The number of piperidine rings is 1. The molecule has 2 aliphatic rings. The molecule has 1 saturated heterocycles. The number of pyridine rings is 1. The molecule has 3 aromatic rings. The molecule has 1 unspecified atom stereocenters. The average Bonchev–Trinajstić information content (AvgIpc) is 3.03. The Morgan fingerprint density at radius 2 is 1.87 bits per heavy atom. The van der Waals surface area contributed by atoms with Crippen LogP contribution in [0.2, 0.25) is 5.02 Å². The first-order valence-electron chi connectivity index (χ1n) is 13.3. The van der Waals surface area contributed by atoms with Crippen LogP contribution in [0.4, 0.5) is 0 Å². The Morgan fingerprint density at radius 3 is 2.53 bits per heavy atom. The molecule has 0 radical (unpaired) electrons. The molecule has 2 N–H and O–H groups in total. The molecule has 5 nitrogen and oxygen atoms in total. The maximum absolute atomic E-state index is 10.6. The minimum absolute atomic E-state index is 0.0771. The number of ether oxygens (including phenoxy) is 1. The third-order valence-electron chi connectivity index (χ3n) is 7.30. The van der Waals surface area contributed by atoms with Crippen molar-refractivity contribution in [3.63, 3.8) is 0 Å². The van der Waals surface area contributed by atoms with Gasteiger partial charge in [0.25, 0.3) is 0 Å². The maximum atomic E-state index is 10.6. The van der Waals surface area contributed by atoms with Gasteiger partial charge < -0.3 is 19.8 Å². The van der Waals surface area contributed by atoms with Crippen molar-refractivity contribution in [1.29, 1.82) is 0 Å². The fraction of sp³-hybridized carbons (Fsp3) is 0.406. The lowest BCUT2D eigenvalue weighted by molar-refractivity contribution is -0.0237. The first-order valence-corrected chi connectivity index (χ1v) is 13.7. The van der Waals surface area contributed by atoms with Crippen molar-refractivity contribution < 1.29 is 14.9 Å². The number of rotatable bonds is 4. The van der Waals surface area contributed by atoms with Gasteiger partial charge >= 0.3 is 0 Å². The third-order valence-corrected chi connectivity index (χ3v) is 7.55. The predicted octanol–water partition coefficient (Wildman–Crippen LogP) is 6.46. The molecule has 6 heteroatoms. The van der Waals surface area contributed by atoms with Crippen molar-refractivity contribution in [3.8, 4) is 5.75 Å². The molecule has 0 amide bonds. The van der Waals surface area contributed by atoms with Gasteiger partial charge in [-0.05, 0) is 68.2 Å². The van der Waals surface area contributed by atoms with E-state index in [2.05, 4.69) is 35.9 Å². The number of likely N-dealkylation sites (tertiary alicyclic amines) is 1. The number of aliphatic hydroxyl groups excluding tert-OH is 1. The molecular formula is C32H39ClN2O3. The summed E-state index contributed by atoms with van der Waals surface area (Å²) in [6, 6.07) is 19.4. The highest BCUT2D eigenvalue weighted by Crippen LogP contribution is 2.38. The molecule has 2 aromatic carbocycles. The Balaban J connectivity index is 0.000000417. The van der Waals surface area contributed by atoms with Crippen molar-refractivity contribution in [1.82, 2.24) is 9.88 Å². The van der Waals surface area contributed by atoms with Gasteiger partial charge in [-0.15, -0.1) is 0 Å². The van der Waals surface area contributed by atoms with Crippen LogP contribution >= 0.6 is 11.6 Å². The van der Waals surface area contributed by atoms with Crippen molar-refractivity contribution in [2.45, 2.75) is 58.8 Å². The molecule has 1 aromatic heterocycles. The topological polar surface area (TPSA) is 65.8 Å². The summed E-state index contributed by atoms with van der Waals surface area (Å²) in [5.41, 5.74) is 3.98. The number of fused-ring (bicyclic) bond motifs is 2. The number of aromatic nitrogens is 1. The van der Waals surface area contributed by atoms with Crippen molar-refractivity contribution in [3.05, 3.63) is 100 Å². The monoisotopic (exact) mass is 534 g/mol. The van der Waals surface area contributed by atoms with E-state index in [0.29, 0.717) is 6.61 Å². The van der Waals surface area contributed by atoms with E-state index in [4.69, 9.17) is 16.3 Å². The van der Waals surface area contributed by atoms with Gasteiger partial charge in [0.15, 0.2) is 0 Å². The third kappa shape index (κ3) is 7.03. The van der Waals surface area contributed by atoms with Crippen molar-refractivity contribution >= 4 is 17.2 Å². The summed E-state index contributed by atoms with van der Waals surface area (Å²) in [5.74, 6) is 0.819. The van der Waals surface area contributed by atoms with Crippen LogP contribution in [0.1, 0.15) is 62.9 Å².